The SMILES string of the molecule is O=C(NCC(CCNCCc1ccc(O)cc1)c1ccc(Cl)c(Cl)c1)Nc1ccc(Cl)c(Cl)c1. The average Bonchev–Trinajstić information content (AvgIpc) is 2.81. The molecule has 0 radical (unpaired) electrons. The van der Waals surface area contributed by atoms with Crippen LogP contribution in [0.5, 0.6) is 5.75 Å². The van der Waals surface area contributed by atoms with Crippen LogP contribution in [-0.2, 0) is 6.42 Å². The van der Waals surface area contributed by atoms with E-state index < -0.39 is 0 Å². The summed E-state index contributed by atoms with van der Waals surface area (Å²) in [5.41, 5.74) is 2.69. The highest BCUT2D eigenvalue weighted by atomic mass is 35.5. The molecule has 0 aliphatic carbocycles. The molecule has 0 aromatic heterocycles. The number of rotatable bonds is 10. The summed E-state index contributed by atoms with van der Waals surface area (Å²) in [6.07, 6.45) is 1.63. The van der Waals surface area contributed by atoms with Crippen LogP contribution in [0.2, 0.25) is 20.1 Å². The van der Waals surface area contributed by atoms with Gasteiger partial charge in [-0.1, -0.05) is 64.6 Å². The molecular formula is C25H25Cl4N3O2. The van der Waals surface area contributed by atoms with E-state index in [9.17, 15) is 9.90 Å². The molecule has 0 heterocycles. The Labute approximate surface area is 219 Å². The molecule has 180 valence electrons. The largest absolute Gasteiger partial charge is 0.508 e. The lowest BCUT2D eigenvalue weighted by Gasteiger charge is -2.19. The highest BCUT2D eigenvalue weighted by molar-refractivity contribution is 6.42. The van der Waals surface area contributed by atoms with Gasteiger partial charge >= 0.3 is 6.03 Å². The molecule has 0 bridgehead atoms. The van der Waals surface area contributed by atoms with Gasteiger partial charge in [-0.15, -0.1) is 0 Å². The molecule has 1 unspecified atom stereocenters. The molecule has 2 amide bonds. The third-order valence-corrected chi connectivity index (χ3v) is 6.78. The Morgan fingerprint density at radius 1 is 0.824 bits per heavy atom. The van der Waals surface area contributed by atoms with Crippen LogP contribution >= 0.6 is 46.4 Å². The van der Waals surface area contributed by atoms with Crippen molar-refractivity contribution in [2.75, 3.05) is 25.0 Å². The van der Waals surface area contributed by atoms with Crippen molar-refractivity contribution in [3.63, 3.8) is 0 Å². The maximum Gasteiger partial charge on any atom is 0.319 e. The number of anilines is 1. The minimum Gasteiger partial charge on any atom is -0.508 e. The minimum absolute atomic E-state index is 0.0236. The number of urea groups is 1. The quantitative estimate of drug-likeness (QED) is 0.206. The molecule has 0 saturated heterocycles. The Hall–Kier alpha value is -2.15. The third kappa shape index (κ3) is 8.26. The number of phenols is 1. The van der Waals surface area contributed by atoms with Crippen LogP contribution in [0.3, 0.4) is 0 Å². The topological polar surface area (TPSA) is 73.4 Å². The molecule has 0 saturated carbocycles. The van der Waals surface area contributed by atoms with Gasteiger partial charge in [-0.3, -0.25) is 0 Å². The van der Waals surface area contributed by atoms with Gasteiger partial charge in [-0.2, -0.15) is 0 Å². The fourth-order valence-electron chi connectivity index (χ4n) is 3.41. The number of nitrogens with one attached hydrogen (secondary N) is 3. The molecule has 0 aliphatic heterocycles. The summed E-state index contributed by atoms with van der Waals surface area (Å²) in [5, 5.41) is 20.3. The number of carbonyl (C=O) groups is 1. The second-order valence-electron chi connectivity index (χ2n) is 7.79. The zero-order valence-corrected chi connectivity index (χ0v) is 21.3. The van der Waals surface area contributed by atoms with Gasteiger partial charge in [0.2, 0.25) is 0 Å². The zero-order chi connectivity index (χ0) is 24.5. The van der Waals surface area contributed by atoms with E-state index in [1.54, 1.807) is 36.4 Å². The Morgan fingerprint density at radius 2 is 1.50 bits per heavy atom. The summed E-state index contributed by atoms with van der Waals surface area (Å²) in [5.74, 6) is 0.285. The van der Waals surface area contributed by atoms with Crippen molar-refractivity contribution in [1.29, 1.82) is 0 Å². The first kappa shape index (κ1) is 26.5. The van der Waals surface area contributed by atoms with Crippen molar-refractivity contribution in [1.82, 2.24) is 10.6 Å². The zero-order valence-electron chi connectivity index (χ0n) is 18.3. The molecule has 0 fully saturated rings. The Balaban J connectivity index is 1.54. The number of hydrogen-bond donors (Lipinski definition) is 4. The monoisotopic (exact) mass is 539 g/mol. The minimum atomic E-state index is -0.344. The molecule has 1 atom stereocenters. The van der Waals surface area contributed by atoms with Crippen LogP contribution < -0.4 is 16.0 Å². The molecular weight excluding hydrogens is 516 g/mol. The van der Waals surface area contributed by atoms with Crippen molar-refractivity contribution < 1.29 is 9.90 Å². The number of hydrogen-bond acceptors (Lipinski definition) is 3. The maximum absolute atomic E-state index is 12.4. The molecule has 0 spiro atoms. The van der Waals surface area contributed by atoms with E-state index in [-0.39, 0.29) is 17.7 Å². The van der Waals surface area contributed by atoms with E-state index in [1.807, 2.05) is 24.3 Å². The van der Waals surface area contributed by atoms with Crippen molar-refractivity contribution in [2.45, 2.75) is 18.8 Å². The summed E-state index contributed by atoms with van der Waals surface area (Å²) in [4.78, 5) is 12.4. The molecule has 9 heteroatoms. The van der Waals surface area contributed by atoms with E-state index in [2.05, 4.69) is 16.0 Å². The number of benzene rings is 3. The second-order valence-corrected chi connectivity index (χ2v) is 9.42. The van der Waals surface area contributed by atoms with Crippen LogP contribution in [0.1, 0.15) is 23.5 Å². The lowest BCUT2D eigenvalue weighted by molar-refractivity contribution is 0.251. The van der Waals surface area contributed by atoms with Crippen LogP contribution in [0.15, 0.2) is 60.7 Å². The summed E-state index contributed by atoms with van der Waals surface area (Å²) in [6, 6.07) is 17.3. The normalized spacial score (nSPS) is 11.8. The highest BCUT2D eigenvalue weighted by Gasteiger charge is 2.15. The second kappa shape index (κ2) is 13.1. The molecule has 5 nitrogen and oxygen atoms in total. The number of halogens is 4. The number of phenolic OH excluding ortho intramolecular Hbond substituents is 1. The summed E-state index contributed by atoms with van der Waals surface area (Å²) in [7, 11) is 0. The van der Waals surface area contributed by atoms with Crippen LogP contribution in [0.25, 0.3) is 0 Å². The molecule has 3 aromatic carbocycles. The van der Waals surface area contributed by atoms with Crippen LogP contribution in [0.4, 0.5) is 10.5 Å². The first-order valence-electron chi connectivity index (χ1n) is 10.8. The predicted molar refractivity (Wildman–Crippen MR) is 142 cm³/mol. The van der Waals surface area contributed by atoms with Crippen molar-refractivity contribution in [3.8, 4) is 5.75 Å². The van der Waals surface area contributed by atoms with Gasteiger partial charge < -0.3 is 21.1 Å². The number of carbonyl (C=O) groups excluding carboxylic acids is 1. The summed E-state index contributed by atoms with van der Waals surface area (Å²) in [6.45, 7) is 1.95. The Morgan fingerprint density at radius 3 is 2.18 bits per heavy atom. The first-order valence-corrected chi connectivity index (χ1v) is 12.3. The van der Waals surface area contributed by atoms with E-state index in [0.717, 1.165) is 37.1 Å². The number of amides is 2. The van der Waals surface area contributed by atoms with Crippen LogP contribution in [0, 0.1) is 0 Å². The lowest BCUT2D eigenvalue weighted by Crippen LogP contribution is -2.33. The fourth-order valence-corrected chi connectivity index (χ4v) is 4.02. The van der Waals surface area contributed by atoms with Gasteiger partial charge in [0.05, 0.1) is 20.1 Å². The molecule has 4 N–H and O–H groups in total. The lowest BCUT2D eigenvalue weighted by atomic mass is 9.95. The maximum atomic E-state index is 12.4. The summed E-state index contributed by atoms with van der Waals surface area (Å²) >= 11 is 24.3. The van der Waals surface area contributed by atoms with E-state index >= 15 is 0 Å². The predicted octanol–water partition coefficient (Wildman–Crippen LogP) is 7.13. The first-order chi connectivity index (χ1) is 16.3. The van der Waals surface area contributed by atoms with Crippen molar-refractivity contribution >= 4 is 58.1 Å². The summed E-state index contributed by atoms with van der Waals surface area (Å²) < 4.78 is 0. The molecule has 34 heavy (non-hydrogen) atoms. The highest BCUT2D eigenvalue weighted by Crippen LogP contribution is 2.28. The smallest absolute Gasteiger partial charge is 0.319 e. The Kier molecular flexibility index (Phi) is 10.2. The Bertz CT molecular complexity index is 1110. The van der Waals surface area contributed by atoms with Gasteiger partial charge in [0.15, 0.2) is 0 Å². The van der Waals surface area contributed by atoms with E-state index in [0.29, 0.717) is 32.3 Å². The van der Waals surface area contributed by atoms with Gasteiger partial charge in [-0.05, 0) is 79.5 Å². The molecule has 0 aliphatic rings. The van der Waals surface area contributed by atoms with Crippen molar-refractivity contribution in [3.05, 3.63) is 91.9 Å². The standard InChI is InChI=1S/C25H25Cl4N3O2/c26-21-7-3-17(13-23(21)28)18(10-12-30-11-9-16-1-5-20(33)6-2-16)15-31-25(34)32-19-4-8-22(27)24(29)14-19/h1-8,13-14,18,30,33H,9-12,15H2,(H2,31,32,34). The average molecular weight is 541 g/mol. The van der Waals surface area contributed by atoms with Crippen LogP contribution in [-0.4, -0.2) is 30.8 Å². The van der Waals surface area contributed by atoms with Crippen molar-refractivity contribution in [2.24, 2.45) is 0 Å². The van der Waals surface area contributed by atoms with Gasteiger partial charge in [0, 0.05) is 18.2 Å². The van der Waals surface area contributed by atoms with Gasteiger partial charge in [0.1, 0.15) is 5.75 Å². The molecule has 3 rings (SSSR count). The molecule has 3 aromatic rings. The number of aromatic hydroxyl groups is 1. The fraction of sp³-hybridized carbons (Fsp3) is 0.240. The van der Waals surface area contributed by atoms with Gasteiger partial charge in [0.25, 0.3) is 0 Å². The van der Waals surface area contributed by atoms with Gasteiger partial charge in [-0.25, -0.2) is 4.79 Å². The van der Waals surface area contributed by atoms with E-state index in [4.69, 9.17) is 46.4 Å². The third-order valence-electron chi connectivity index (χ3n) is 5.30. The van der Waals surface area contributed by atoms with E-state index in [1.165, 1.54) is 0 Å².